The Hall–Kier alpha value is -0.630. The largest absolute Gasteiger partial charge is 0.374 e. The van der Waals surface area contributed by atoms with Gasteiger partial charge in [0.15, 0.2) is 0 Å². The molecule has 0 spiro atoms. The average Bonchev–Trinajstić information content (AvgIpc) is 2.77. The van der Waals surface area contributed by atoms with Crippen LogP contribution in [0.2, 0.25) is 0 Å². The molecule has 0 aromatic carbocycles. The molecular formula is C10H16ClN3O3S. The van der Waals surface area contributed by atoms with Crippen molar-refractivity contribution in [1.29, 1.82) is 0 Å². The van der Waals surface area contributed by atoms with Crippen molar-refractivity contribution < 1.29 is 13.2 Å². The van der Waals surface area contributed by atoms with Crippen LogP contribution in [0.5, 0.6) is 0 Å². The predicted octanol–water partition coefficient (Wildman–Crippen LogP) is 0.437. The summed E-state index contributed by atoms with van der Waals surface area (Å²) in [6.07, 6.45) is 2.59. The van der Waals surface area contributed by atoms with E-state index in [1.165, 1.54) is 21.4 Å². The van der Waals surface area contributed by atoms with Gasteiger partial charge < -0.3 is 4.74 Å². The van der Waals surface area contributed by atoms with Crippen LogP contribution in [0.3, 0.4) is 0 Å². The molecule has 1 aromatic rings. The standard InChI is InChI=1S/C10H16ClN3O3S/c1-8-7-17-9(3-11)5-14(8)18(15,16)10-4-12-13(2)6-10/h4,6,8-9H,3,5,7H2,1-2H3. The molecule has 2 rings (SSSR count). The molecular weight excluding hydrogens is 278 g/mol. The van der Waals surface area contributed by atoms with Crippen molar-refractivity contribution in [3.63, 3.8) is 0 Å². The first-order valence-corrected chi connectivity index (χ1v) is 7.60. The van der Waals surface area contributed by atoms with E-state index in [0.29, 0.717) is 6.61 Å². The fraction of sp³-hybridized carbons (Fsp3) is 0.700. The fourth-order valence-corrected chi connectivity index (χ4v) is 3.71. The van der Waals surface area contributed by atoms with Gasteiger partial charge in [0.2, 0.25) is 10.0 Å². The van der Waals surface area contributed by atoms with E-state index < -0.39 is 10.0 Å². The maximum absolute atomic E-state index is 12.4. The van der Waals surface area contributed by atoms with E-state index in [0.717, 1.165) is 0 Å². The smallest absolute Gasteiger partial charge is 0.246 e. The van der Waals surface area contributed by atoms with Crippen LogP contribution in [0.1, 0.15) is 6.92 Å². The summed E-state index contributed by atoms with van der Waals surface area (Å²) in [6.45, 7) is 2.46. The number of morpholine rings is 1. The Balaban J connectivity index is 2.28. The van der Waals surface area contributed by atoms with E-state index in [2.05, 4.69) is 5.10 Å². The molecule has 2 atom stereocenters. The molecule has 1 aliphatic rings. The molecule has 0 bridgehead atoms. The van der Waals surface area contributed by atoms with Crippen LogP contribution in [0.25, 0.3) is 0 Å². The molecule has 6 nitrogen and oxygen atoms in total. The number of nitrogens with zero attached hydrogens (tertiary/aromatic N) is 3. The second kappa shape index (κ2) is 5.16. The SMILES string of the molecule is CC1COC(CCl)CN1S(=O)(=O)c1cnn(C)c1. The topological polar surface area (TPSA) is 64.4 Å². The van der Waals surface area contributed by atoms with E-state index in [9.17, 15) is 8.42 Å². The number of rotatable bonds is 3. The van der Waals surface area contributed by atoms with Crippen LogP contribution in [0.4, 0.5) is 0 Å². The Kier molecular flexibility index (Phi) is 3.96. The Morgan fingerprint density at radius 3 is 2.89 bits per heavy atom. The molecule has 0 radical (unpaired) electrons. The first kappa shape index (κ1) is 13.8. The third kappa shape index (κ3) is 2.54. The summed E-state index contributed by atoms with van der Waals surface area (Å²) in [5.74, 6) is 0.284. The normalized spacial score (nSPS) is 26.4. The molecule has 0 N–H and O–H groups in total. The van der Waals surface area contributed by atoms with E-state index in [1.807, 2.05) is 6.92 Å². The van der Waals surface area contributed by atoms with Gasteiger partial charge in [0.1, 0.15) is 4.90 Å². The van der Waals surface area contributed by atoms with Gasteiger partial charge >= 0.3 is 0 Å². The summed E-state index contributed by atoms with van der Waals surface area (Å²) in [6, 6.07) is -0.199. The maximum atomic E-state index is 12.4. The van der Waals surface area contributed by atoms with E-state index in [1.54, 1.807) is 7.05 Å². The number of ether oxygens (including phenoxy) is 1. The van der Waals surface area contributed by atoms with Gasteiger partial charge in [-0.25, -0.2) is 8.42 Å². The van der Waals surface area contributed by atoms with Gasteiger partial charge in [-0.15, -0.1) is 11.6 Å². The highest BCUT2D eigenvalue weighted by molar-refractivity contribution is 7.89. The van der Waals surface area contributed by atoms with Crippen molar-refractivity contribution in [2.75, 3.05) is 19.0 Å². The number of hydrogen-bond acceptors (Lipinski definition) is 4. The van der Waals surface area contributed by atoms with Crippen LogP contribution in [0, 0.1) is 0 Å². The minimum atomic E-state index is -3.52. The Morgan fingerprint density at radius 1 is 1.61 bits per heavy atom. The van der Waals surface area contributed by atoms with Gasteiger partial charge in [-0.3, -0.25) is 4.68 Å². The molecule has 0 aliphatic carbocycles. The molecule has 1 fully saturated rings. The first-order valence-electron chi connectivity index (χ1n) is 5.63. The van der Waals surface area contributed by atoms with Gasteiger partial charge in [-0.1, -0.05) is 0 Å². The van der Waals surface area contributed by atoms with Gasteiger partial charge in [-0.05, 0) is 6.92 Å². The lowest BCUT2D eigenvalue weighted by Crippen LogP contribution is -2.51. The summed E-state index contributed by atoms with van der Waals surface area (Å²) < 4.78 is 33.2. The van der Waals surface area contributed by atoms with Crippen LogP contribution in [-0.2, 0) is 21.8 Å². The molecule has 0 amide bonds. The minimum absolute atomic E-state index is 0.199. The molecule has 102 valence electrons. The summed E-state index contributed by atoms with van der Waals surface area (Å²) in [5.41, 5.74) is 0. The molecule has 2 unspecified atom stereocenters. The molecule has 1 saturated heterocycles. The quantitative estimate of drug-likeness (QED) is 0.759. The third-order valence-electron chi connectivity index (χ3n) is 2.91. The highest BCUT2D eigenvalue weighted by Gasteiger charge is 2.35. The molecule has 18 heavy (non-hydrogen) atoms. The number of alkyl halides is 1. The number of aromatic nitrogens is 2. The van der Waals surface area contributed by atoms with E-state index >= 15 is 0 Å². The van der Waals surface area contributed by atoms with Gasteiger partial charge in [-0.2, -0.15) is 9.40 Å². The van der Waals surface area contributed by atoms with Crippen LogP contribution < -0.4 is 0 Å². The lowest BCUT2D eigenvalue weighted by molar-refractivity contribution is -0.0152. The molecule has 1 aliphatic heterocycles. The predicted molar refractivity (Wildman–Crippen MR) is 67.0 cm³/mol. The highest BCUT2D eigenvalue weighted by atomic mass is 35.5. The minimum Gasteiger partial charge on any atom is -0.374 e. The van der Waals surface area contributed by atoms with E-state index in [4.69, 9.17) is 16.3 Å². The lowest BCUT2D eigenvalue weighted by Gasteiger charge is -2.35. The van der Waals surface area contributed by atoms with Crippen LogP contribution in [0.15, 0.2) is 17.3 Å². The van der Waals surface area contributed by atoms with Crippen molar-refractivity contribution >= 4 is 21.6 Å². The van der Waals surface area contributed by atoms with Gasteiger partial charge in [0.05, 0.1) is 18.9 Å². The second-order valence-corrected chi connectivity index (χ2v) is 6.58. The third-order valence-corrected chi connectivity index (χ3v) is 5.19. The van der Waals surface area contributed by atoms with Crippen LogP contribution >= 0.6 is 11.6 Å². The van der Waals surface area contributed by atoms with Crippen LogP contribution in [-0.4, -0.2) is 53.7 Å². The zero-order valence-corrected chi connectivity index (χ0v) is 11.9. The van der Waals surface area contributed by atoms with E-state index in [-0.39, 0.29) is 29.5 Å². The highest BCUT2D eigenvalue weighted by Crippen LogP contribution is 2.22. The first-order chi connectivity index (χ1) is 8.45. The van der Waals surface area contributed by atoms with Gasteiger partial charge in [0, 0.05) is 31.7 Å². The zero-order valence-electron chi connectivity index (χ0n) is 10.3. The number of hydrogen-bond donors (Lipinski definition) is 0. The zero-order chi connectivity index (χ0) is 13.3. The second-order valence-electron chi connectivity index (χ2n) is 4.38. The average molecular weight is 294 g/mol. The van der Waals surface area contributed by atoms with Crippen molar-refractivity contribution in [3.8, 4) is 0 Å². The molecule has 0 saturated carbocycles. The summed E-state index contributed by atoms with van der Waals surface area (Å²) in [7, 11) is -1.84. The van der Waals surface area contributed by atoms with Crippen molar-refractivity contribution in [2.45, 2.75) is 24.0 Å². The Labute approximate surface area is 112 Å². The van der Waals surface area contributed by atoms with Crippen molar-refractivity contribution in [3.05, 3.63) is 12.4 Å². The summed E-state index contributed by atoms with van der Waals surface area (Å²) in [4.78, 5) is 0.201. The van der Waals surface area contributed by atoms with Crippen molar-refractivity contribution in [1.82, 2.24) is 14.1 Å². The fourth-order valence-electron chi connectivity index (χ4n) is 1.89. The van der Waals surface area contributed by atoms with Gasteiger partial charge in [0.25, 0.3) is 0 Å². The Morgan fingerprint density at radius 2 is 2.33 bits per heavy atom. The molecule has 1 aromatic heterocycles. The number of aryl methyl sites for hydroxylation is 1. The lowest BCUT2D eigenvalue weighted by atomic mass is 10.2. The number of sulfonamides is 1. The van der Waals surface area contributed by atoms with Crippen molar-refractivity contribution in [2.24, 2.45) is 7.05 Å². The maximum Gasteiger partial charge on any atom is 0.246 e. The number of halogens is 1. The Bertz CT molecular complexity index is 516. The summed E-state index contributed by atoms with van der Waals surface area (Å²) >= 11 is 5.73. The molecule has 8 heteroatoms. The monoisotopic (exact) mass is 293 g/mol. The summed E-state index contributed by atoms with van der Waals surface area (Å²) in [5, 5.41) is 3.90. The molecule has 2 heterocycles.